The fourth-order valence-corrected chi connectivity index (χ4v) is 2.97. The number of ether oxygens (including phenoxy) is 3. The number of rotatable bonds is 6. The van der Waals surface area contributed by atoms with Crippen molar-refractivity contribution < 1.29 is 24.1 Å². The molecule has 0 unspecified atom stereocenters. The van der Waals surface area contributed by atoms with Crippen molar-refractivity contribution in [3.05, 3.63) is 47.5 Å². The Labute approximate surface area is 147 Å². The van der Waals surface area contributed by atoms with Gasteiger partial charge in [-0.3, -0.25) is 4.79 Å². The van der Waals surface area contributed by atoms with Crippen LogP contribution in [0.5, 0.6) is 23.0 Å². The Morgan fingerprint density at radius 1 is 1.16 bits per heavy atom. The van der Waals surface area contributed by atoms with E-state index in [0.29, 0.717) is 29.2 Å². The highest BCUT2D eigenvalue weighted by Gasteiger charge is 2.24. The lowest BCUT2D eigenvalue weighted by Crippen LogP contribution is -2.21. The summed E-state index contributed by atoms with van der Waals surface area (Å²) in [5.74, 6) is 1.91. The highest BCUT2D eigenvalue weighted by Crippen LogP contribution is 2.34. The van der Waals surface area contributed by atoms with Crippen LogP contribution in [0.4, 0.5) is 0 Å². The van der Waals surface area contributed by atoms with E-state index in [-0.39, 0.29) is 30.2 Å². The fraction of sp³-hybridized carbons (Fsp3) is 0.350. The van der Waals surface area contributed by atoms with Gasteiger partial charge in [-0.05, 0) is 48.2 Å². The first-order valence-corrected chi connectivity index (χ1v) is 8.29. The maximum Gasteiger partial charge on any atom is 0.231 e. The first kappa shape index (κ1) is 17.1. The molecule has 132 valence electrons. The van der Waals surface area contributed by atoms with E-state index in [1.807, 2.05) is 19.1 Å². The molecule has 2 aromatic rings. The molecule has 5 nitrogen and oxygen atoms in total. The zero-order valence-corrected chi connectivity index (χ0v) is 14.6. The van der Waals surface area contributed by atoms with Crippen LogP contribution < -0.4 is 14.2 Å². The van der Waals surface area contributed by atoms with Crippen LogP contribution in [0, 0.1) is 11.8 Å². The molecule has 5 heteroatoms. The van der Waals surface area contributed by atoms with Crippen LogP contribution in [0.2, 0.25) is 0 Å². The third-order valence-corrected chi connectivity index (χ3v) is 4.73. The summed E-state index contributed by atoms with van der Waals surface area (Å²) in [5, 5.41) is 9.69. The maximum atomic E-state index is 12.8. The van der Waals surface area contributed by atoms with Crippen LogP contribution in [0.25, 0.3) is 0 Å². The van der Waals surface area contributed by atoms with Gasteiger partial charge < -0.3 is 19.3 Å². The summed E-state index contributed by atoms with van der Waals surface area (Å²) in [4.78, 5) is 12.8. The molecule has 2 atom stereocenters. The molecule has 2 aromatic carbocycles. The van der Waals surface area contributed by atoms with E-state index in [0.717, 1.165) is 5.56 Å². The predicted molar refractivity (Wildman–Crippen MR) is 93.6 cm³/mol. The van der Waals surface area contributed by atoms with Gasteiger partial charge in [0.1, 0.15) is 0 Å². The SMILES string of the molecule is COc1cc(C[C@@H](C)[C@H](C)C(=O)c2ccc3c(c2)OCO3)ccc1O. The van der Waals surface area contributed by atoms with Gasteiger partial charge in [-0.1, -0.05) is 19.9 Å². The Hall–Kier alpha value is -2.69. The number of benzene rings is 2. The van der Waals surface area contributed by atoms with Gasteiger partial charge in [0, 0.05) is 11.5 Å². The van der Waals surface area contributed by atoms with E-state index in [1.54, 1.807) is 24.3 Å². The number of methoxy groups -OCH3 is 1. The Morgan fingerprint density at radius 2 is 1.92 bits per heavy atom. The van der Waals surface area contributed by atoms with Crippen molar-refractivity contribution >= 4 is 5.78 Å². The Balaban J connectivity index is 1.71. The van der Waals surface area contributed by atoms with Crippen molar-refractivity contribution in [3.63, 3.8) is 0 Å². The van der Waals surface area contributed by atoms with Crippen molar-refractivity contribution in [1.29, 1.82) is 0 Å². The Kier molecular flexibility index (Phi) is 4.83. The minimum absolute atomic E-state index is 0.0801. The van der Waals surface area contributed by atoms with Crippen molar-refractivity contribution in [2.75, 3.05) is 13.9 Å². The summed E-state index contributed by atoms with van der Waals surface area (Å²) >= 11 is 0. The second-order valence-corrected chi connectivity index (χ2v) is 6.41. The summed E-state index contributed by atoms with van der Waals surface area (Å²) < 4.78 is 15.8. The lowest BCUT2D eigenvalue weighted by atomic mass is 9.84. The van der Waals surface area contributed by atoms with E-state index >= 15 is 0 Å². The number of phenolic OH excluding ortho intramolecular Hbond substituents is 1. The van der Waals surface area contributed by atoms with Crippen molar-refractivity contribution in [1.82, 2.24) is 0 Å². The molecule has 1 aliphatic heterocycles. The number of ketones is 1. The van der Waals surface area contributed by atoms with Gasteiger partial charge in [-0.25, -0.2) is 0 Å². The normalized spacial score (nSPS) is 14.8. The zero-order valence-electron chi connectivity index (χ0n) is 14.6. The largest absolute Gasteiger partial charge is 0.504 e. The van der Waals surface area contributed by atoms with Crippen LogP contribution in [0.1, 0.15) is 29.8 Å². The monoisotopic (exact) mass is 342 g/mol. The number of Topliss-reactive ketones (excluding diaryl/α,β-unsaturated/α-hetero) is 1. The molecule has 0 spiro atoms. The average molecular weight is 342 g/mol. The van der Waals surface area contributed by atoms with E-state index < -0.39 is 0 Å². The smallest absolute Gasteiger partial charge is 0.231 e. The van der Waals surface area contributed by atoms with Crippen LogP contribution in [-0.4, -0.2) is 24.8 Å². The molecule has 0 radical (unpaired) electrons. The highest BCUT2D eigenvalue weighted by molar-refractivity contribution is 5.98. The molecule has 1 N–H and O–H groups in total. The Morgan fingerprint density at radius 3 is 2.68 bits per heavy atom. The molecule has 3 rings (SSSR count). The third-order valence-electron chi connectivity index (χ3n) is 4.73. The van der Waals surface area contributed by atoms with Gasteiger partial charge in [0.2, 0.25) is 6.79 Å². The van der Waals surface area contributed by atoms with Gasteiger partial charge in [-0.15, -0.1) is 0 Å². The van der Waals surface area contributed by atoms with Gasteiger partial charge >= 0.3 is 0 Å². The predicted octanol–water partition coefficient (Wildman–Crippen LogP) is 3.83. The number of hydrogen-bond acceptors (Lipinski definition) is 5. The molecule has 25 heavy (non-hydrogen) atoms. The summed E-state index contributed by atoms with van der Waals surface area (Å²) in [6.45, 7) is 4.19. The third kappa shape index (κ3) is 3.55. The summed E-state index contributed by atoms with van der Waals surface area (Å²) in [5.41, 5.74) is 1.65. The quantitative estimate of drug-likeness (QED) is 0.808. The van der Waals surface area contributed by atoms with Gasteiger partial charge in [0.05, 0.1) is 7.11 Å². The minimum atomic E-state index is -0.153. The number of aromatic hydroxyl groups is 1. The first-order chi connectivity index (χ1) is 12.0. The van der Waals surface area contributed by atoms with E-state index in [4.69, 9.17) is 14.2 Å². The molecule has 0 fully saturated rings. The van der Waals surface area contributed by atoms with Gasteiger partial charge in [0.15, 0.2) is 28.8 Å². The molecule has 1 heterocycles. The average Bonchev–Trinajstić information content (AvgIpc) is 3.09. The van der Waals surface area contributed by atoms with E-state index in [9.17, 15) is 9.90 Å². The van der Waals surface area contributed by atoms with Crippen LogP contribution in [-0.2, 0) is 6.42 Å². The minimum Gasteiger partial charge on any atom is -0.504 e. The molecule has 0 aromatic heterocycles. The molecule has 0 saturated carbocycles. The molecular weight excluding hydrogens is 320 g/mol. The fourth-order valence-electron chi connectivity index (χ4n) is 2.97. The number of carbonyl (C=O) groups is 1. The zero-order chi connectivity index (χ0) is 18.0. The summed E-state index contributed by atoms with van der Waals surface area (Å²) in [6, 6.07) is 10.6. The number of carbonyl (C=O) groups excluding carboxylic acids is 1. The van der Waals surface area contributed by atoms with E-state index in [1.165, 1.54) is 7.11 Å². The number of hydrogen-bond donors (Lipinski definition) is 1. The van der Waals surface area contributed by atoms with Crippen molar-refractivity contribution in [3.8, 4) is 23.0 Å². The second kappa shape index (κ2) is 7.05. The van der Waals surface area contributed by atoms with Crippen molar-refractivity contribution in [2.24, 2.45) is 11.8 Å². The summed E-state index contributed by atoms with van der Waals surface area (Å²) in [7, 11) is 1.52. The number of fused-ring (bicyclic) bond motifs is 1. The molecule has 0 aliphatic carbocycles. The standard InChI is InChI=1S/C20H22O5/c1-12(8-14-4-6-16(21)18(9-14)23-3)13(2)20(22)15-5-7-17-19(10-15)25-11-24-17/h4-7,9-10,12-13,21H,8,11H2,1-3H3/t12-,13+/m1/s1. The van der Waals surface area contributed by atoms with Crippen LogP contribution in [0.15, 0.2) is 36.4 Å². The van der Waals surface area contributed by atoms with Crippen LogP contribution in [0.3, 0.4) is 0 Å². The first-order valence-electron chi connectivity index (χ1n) is 8.29. The molecule has 0 bridgehead atoms. The topological polar surface area (TPSA) is 65.0 Å². The molecule has 0 saturated heterocycles. The molecule has 0 amide bonds. The maximum absolute atomic E-state index is 12.8. The van der Waals surface area contributed by atoms with Crippen LogP contribution >= 0.6 is 0 Å². The Bertz CT molecular complexity index is 784. The number of phenols is 1. The van der Waals surface area contributed by atoms with Gasteiger partial charge in [-0.2, -0.15) is 0 Å². The van der Waals surface area contributed by atoms with Gasteiger partial charge in [0.25, 0.3) is 0 Å². The van der Waals surface area contributed by atoms with E-state index in [2.05, 4.69) is 6.92 Å². The summed E-state index contributed by atoms with van der Waals surface area (Å²) in [6.07, 6.45) is 0.716. The second-order valence-electron chi connectivity index (χ2n) is 6.41. The lowest BCUT2D eigenvalue weighted by molar-refractivity contribution is 0.0892. The molecule has 1 aliphatic rings. The molecular formula is C20H22O5. The lowest BCUT2D eigenvalue weighted by Gasteiger charge is -2.19. The highest BCUT2D eigenvalue weighted by atomic mass is 16.7. The van der Waals surface area contributed by atoms with Crippen molar-refractivity contribution in [2.45, 2.75) is 20.3 Å².